The van der Waals surface area contributed by atoms with Crippen molar-refractivity contribution in [3.63, 3.8) is 0 Å². The summed E-state index contributed by atoms with van der Waals surface area (Å²) >= 11 is 0. The smallest absolute Gasteiger partial charge is 0.172 e. The minimum atomic E-state index is -0.761. The van der Waals surface area contributed by atoms with Crippen LogP contribution >= 0.6 is 0 Å². The predicted octanol–water partition coefficient (Wildman–Crippen LogP) is 4.94. The van der Waals surface area contributed by atoms with Gasteiger partial charge in [-0.2, -0.15) is 0 Å². The first-order valence-electron chi connectivity index (χ1n) is 19.3. The molecule has 10 heterocycles. The fourth-order valence-corrected chi connectivity index (χ4v) is 11.0. The normalized spacial score (nSPS) is 54.1. The van der Waals surface area contributed by atoms with E-state index in [-0.39, 0.29) is 103 Å². The molecule has 10 saturated heterocycles. The number of aldehydes is 1. The van der Waals surface area contributed by atoms with E-state index in [1.165, 1.54) is 0 Å². The number of fused-ring (bicyclic) bond motifs is 6. The van der Waals surface area contributed by atoms with E-state index < -0.39 is 5.79 Å². The van der Waals surface area contributed by atoms with E-state index in [4.69, 9.17) is 37.9 Å². The summed E-state index contributed by atoms with van der Waals surface area (Å²) in [5, 5.41) is 0. The fraction of sp³-hybridized carbons (Fsp3) is 0.846. The van der Waals surface area contributed by atoms with Crippen LogP contribution in [0.4, 0.5) is 0 Å². The molecule has 10 heteroatoms. The molecule has 10 aliphatic rings. The second-order valence-electron chi connectivity index (χ2n) is 16.9. The van der Waals surface area contributed by atoms with Crippen molar-refractivity contribution in [1.82, 2.24) is 0 Å². The second kappa shape index (κ2) is 12.9. The minimum absolute atomic E-state index is 0.00531. The third-order valence-electron chi connectivity index (χ3n) is 13.7. The van der Waals surface area contributed by atoms with Gasteiger partial charge in [-0.15, -0.1) is 0 Å². The van der Waals surface area contributed by atoms with Crippen LogP contribution in [0.15, 0.2) is 24.3 Å². The third kappa shape index (κ3) is 5.94. The molecule has 18 atom stereocenters. The largest absolute Gasteiger partial charge is 0.374 e. The Hall–Kier alpha value is -1.50. The number of Topliss-reactive ketones (excluding diaryl/α,β-unsaturated/α-hetero) is 1. The molecule has 1 spiro atoms. The number of ketones is 1. The summed E-state index contributed by atoms with van der Waals surface area (Å²) in [4.78, 5) is 25.5. The van der Waals surface area contributed by atoms with Crippen LogP contribution in [0.1, 0.15) is 97.3 Å². The van der Waals surface area contributed by atoms with E-state index in [0.717, 1.165) is 62.4 Å². The van der Waals surface area contributed by atoms with Gasteiger partial charge in [-0.1, -0.05) is 27.0 Å². The quantitative estimate of drug-likeness (QED) is 0.294. The predicted molar refractivity (Wildman–Crippen MR) is 176 cm³/mol. The van der Waals surface area contributed by atoms with E-state index in [2.05, 4.69) is 27.0 Å². The van der Waals surface area contributed by atoms with Crippen molar-refractivity contribution >= 4 is 12.1 Å². The molecule has 0 N–H and O–H groups in total. The first-order chi connectivity index (χ1) is 23.7. The fourth-order valence-electron chi connectivity index (χ4n) is 11.0. The molecule has 0 aromatic rings. The standard InChI is InChI=1S/C39H54O10/c1-19-13-24-5-7-28-20(2)14-26(42-28)9-11-39-18-33-35(48-39)36-37(47-33)38(49-39)34-30(46-36)8-6-25(44-34)15-23(41)16-27-22(4)29(10-12-40)45-32(27)17-31(43-24)21(19)3/h12,19,22,24-38H,2-3,5-11,13-18H2,1,4H3/t19-,22-,24+,25-,26+,27?,28?,29-,30+,31-,32?,33-,34+,35?,36+,37-,38+,39+/m1/s1. The monoisotopic (exact) mass is 682 g/mol. The highest BCUT2D eigenvalue weighted by Crippen LogP contribution is 2.54. The van der Waals surface area contributed by atoms with Crippen molar-refractivity contribution in [3.8, 4) is 0 Å². The van der Waals surface area contributed by atoms with Crippen LogP contribution in [0.3, 0.4) is 0 Å². The van der Waals surface area contributed by atoms with Gasteiger partial charge in [0, 0.05) is 38.5 Å². The molecule has 0 radical (unpaired) electrons. The van der Waals surface area contributed by atoms with Gasteiger partial charge in [-0.05, 0) is 73.8 Å². The molecule has 0 aromatic heterocycles. The topological polar surface area (TPSA) is 108 Å². The molecule has 0 aliphatic carbocycles. The summed E-state index contributed by atoms with van der Waals surface area (Å²) in [5.74, 6) is -0.212. The summed E-state index contributed by atoms with van der Waals surface area (Å²) in [5.41, 5.74) is 2.25. The maximum atomic E-state index is 13.9. The molecule has 10 nitrogen and oxygen atoms in total. The van der Waals surface area contributed by atoms with Crippen LogP contribution in [0, 0.1) is 17.8 Å². The summed E-state index contributed by atoms with van der Waals surface area (Å²) < 4.78 is 53.7. The first kappa shape index (κ1) is 33.3. The molecule has 10 aliphatic heterocycles. The Labute approximate surface area is 289 Å². The van der Waals surface area contributed by atoms with Crippen molar-refractivity contribution in [2.24, 2.45) is 17.8 Å². The number of carbonyl (C=O) groups is 2. The number of carbonyl (C=O) groups excluding carboxylic acids is 2. The average Bonchev–Trinajstić information content (AvgIpc) is 3.73. The Morgan fingerprint density at radius 2 is 1.47 bits per heavy atom. The van der Waals surface area contributed by atoms with Crippen molar-refractivity contribution in [2.75, 3.05) is 0 Å². The van der Waals surface area contributed by atoms with Gasteiger partial charge in [0.05, 0.1) is 54.9 Å². The van der Waals surface area contributed by atoms with Crippen molar-refractivity contribution in [2.45, 2.75) is 189 Å². The SMILES string of the molecule is C=C1C[C@@H]2CC[C@@]34C[C@H]5O[C@H]6[C@@H](O3)[C@H]3O[C@H](CC[C@@H]3O[C@H]6C5O4)CC(=O)CC3C(C[C@H]4O[C@@H](CCC1O2)C[C@@H](C)C4=C)O[C@H](CC=O)[C@@H]3C. The molecule has 49 heavy (non-hydrogen) atoms. The zero-order valence-electron chi connectivity index (χ0n) is 29.1. The number of hydrogen-bond donors (Lipinski definition) is 0. The lowest BCUT2D eigenvalue weighted by atomic mass is 9.79. The van der Waals surface area contributed by atoms with Crippen LogP contribution in [0.25, 0.3) is 0 Å². The van der Waals surface area contributed by atoms with E-state index in [1.54, 1.807) is 0 Å². The van der Waals surface area contributed by atoms with Crippen molar-refractivity contribution < 1.29 is 47.5 Å². The maximum absolute atomic E-state index is 13.9. The van der Waals surface area contributed by atoms with E-state index in [9.17, 15) is 9.59 Å². The average molecular weight is 683 g/mol. The molecular formula is C39H54O10. The van der Waals surface area contributed by atoms with E-state index in [1.807, 2.05) is 0 Å². The lowest BCUT2D eigenvalue weighted by Gasteiger charge is -2.47. The zero-order valence-corrected chi connectivity index (χ0v) is 29.1. The molecule has 10 rings (SSSR count). The van der Waals surface area contributed by atoms with Crippen LogP contribution in [0.5, 0.6) is 0 Å². The molecule has 0 amide bonds. The molecule has 4 unspecified atom stereocenters. The Kier molecular flexibility index (Phi) is 8.76. The van der Waals surface area contributed by atoms with Gasteiger partial charge in [-0.25, -0.2) is 0 Å². The third-order valence-corrected chi connectivity index (χ3v) is 13.7. The zero-order chi connectivity index (χ0) is 33.6. The summed E-state index contributed by atoms with van der Waals surface area (Å²) in [6.45, 7) is 13.2. The number of rotatable bonds is 2. The van der Waals surface area contributed by atoms with Crippen molar-refractivity contribution in [1.29, 1.82) is 0 Å². The van der Waals surface area contributed by atoms with Crippen LogP contribution in [-0.4, -0.2) is 103 Å². The van der Waals surface area contributed by atoms with Crippen molar-refractivity contribution in [3.05, 3.63) is 24.3 Å². The molecule has 0 saturated carbocycles. The summed E-state index contributed by atoms with van der Waals surface area (Å²) in [7, 11) is 0. The Balaban J connectivity index is 0.990. The van der Waals surface area contributed by atoms with Gasteiger partial charge >= 0.3 is 0 Å². The Morgan fingerprint density at radius 3 is 2.33 bits per heavy atom. The summed E-state index contributed by atoms with van der Waals surface area (Å²) in [6, 6.07) is 0. The van der Waals surface area contributed by atoms with Gasteiger partial charge in [0.2, 0.25) is 0 Å². The van der Waals surface area contributed by atoms with Gasteiger partial charge in [-0.3, -0.25) is 4.79 Å². The first-order valence-corrected chi connectivity index (χ1v) is 19.3. The lowest BCUT2D eigenvalue weighted by Crippen LogP contribution is -2.61. The van der Waals surface area contributed by atoms with Gasteiger partial charge in [0.1, 0.15) is 42.6 Å². The number of ether oxygens (including phenoxy) is 8. The maximum Gasteiger partial charge on any atom is 0.172 e. The highest BCUT2D eigenvalue weighted by atomic mass is 16.8. The molecular weight excluding hydrogens is 628 g/mol. The number of hydrogen-bond acceptors (Lipinski definition) is 10. The molecule has 0 aromatic carbocycles. The highest BCUT2D eigenvalue weighted by molar-refractivity contribution is 5.79. The Bertz CT molecular complexity index is 1330. The van der Waals surface area contributed by atoms with E-state index in [0.29, 0.717) is 44.4 Å². The van der Waals surface area contributed by atoms with Crippen LogP contribution in [-0.2, 0) is 47.5 Å². The molecule has 10 fully saturated rings. The Morgan fingerprint density at radius 1 is 0.714 bits per heavy atom. The van der Waals surface area contributed by atoms with Gasteiger partial charge < -0.3 is 42.7 Å². The minimum Gasteiger partial charge on any atom is -0.374 e. The summed E-state index contributed by atoms with van der Waals surface area (Å²) in [6.07, 6.45) is 7.95. The highest BCUT2D eigenvalue weighted by Gasteiger charge is 2.68. The lowest BCUT2D eigenvalue weighted by molar-refractivity contribution is -0.292. The van der Waals surface area contributed by atoms with Crippen LogP contribution in [0.2, 0.25) is 0 Å². The van der Waals surface area contributed by atoms with Gasteiger partial charge in [0.15, 0.2) is 5.79 Å². The molecule has 12 bridgehead atoms. The molecule has 270 valence electrons. The van der Waals surface area contributed by atoms with Gasteiger partial charge in [0.25, 0.3) is 0 Å². The van der Waals surface area contributed by atoms with E-state index >= 15 is 0 Å². The second-order valence-corrected chi connectivity index (χ2v) is 16.9. The van der Waals surface area contributed by atoms with Crippen LogP contribution < -0.4 is 0 Å².